The van der Waals surface area contributed by atoms with Crippen molar-refractivity contribution in [2.75, 3.05) is 7.11 Å². The number of hydrogen-bond donors (Lipinski definition) is 0. The molecule has 140 valence electrons. The number of benzene rings is 1. The van der Waals surface area contributed by atoms with Crippen LogP contribution in [0.25, 0.3) is 0 Å². The summed E-state index contributed by atoms with van der Waals surface area (Å²) in [4.78, 5) is 22.5. The van der Waals surface area contributed by atoms with Gasteiger partial charge in [0.1, 0.15) is 11.7 Å². The second-order valence-electron chi connectivity index (χ2n) is 6.25. The minimum atomic E-state index is -4.34. The zero-order chi connectivity index (χ0) is 19.4. The highest BCUT2D eigenvalue weighted by Gasteiger charge is 2.51. The van der Waals surface area contributed by atoms with E-state index in [1.54, 1.807) is 0 Å². The Morgan fingerprint density at radius 2 is 1.64 bits per heavy atom. The highest BCUT2D eigenvalue weighted by molar-refractivity contribution is 5.90. The Hall–Kier alpha value is -2.22. The molecule has 0 spiro atoms. The molecule has 25 heavy (non-hydrogen) atoms. The van der Waals surface area contributed by atoms with Crippen molar-refractivity contribution in [1.82, 2.24) is 0 Å². The van der Waals surface area contributed by atoms with Gasteiger partial charge in [-0.05, 0) is 38.1 Å². The number of methoxy groups -OCH3 is 1. The molecule has 1 aromatic rings. The molecular weight excluding hydrogens is 338 g/mol. The summed E-state index contributed by atoms with van der Waals surface area (Å²) >= 11 is 0. The third kappa shape index (κ3) is 4.88. The summed E-state index contributed by atoms with van der Waals surface area (Å²) in [7, 11) is 1.50. The minimum Gasteiger partial charge on any atom is -0.544 e. The molecule has 0 N–H and O–H groups in total. The number of carboxylic acids is 1. The summed E-state index contributed by atoms with van der Waals surface area (Å²) in [6.45, 7) is 5.40. The van der Waals surface area contributed by atoms with E-state index in [4.69, 9.17) is 9.47 Å². The largest absolute Gasteiger partial charge is 0.544 e. The number of esters is 1. The van der Waals surface area contributed by atoms with Crippen LogP contribution in [0.4, 0.5) is 8.78 Å². The van der Waals surface area contributed by atoms with Crippen LogP contribution in [-0.2, 0) is 14.3 Å². The first-order chi connectivity index (χ1) is 11.4. The fourth-order valence-corrected chi connectivity index (χ4v) is 1.86. The van der Waals surface area contributed by atoms with Gasteiger partial charge in [0.2, 0.25) is 6.29 Å². The summed E-state index contributed by atoms with van der Waals surface area (Å²) in [6, 6.07) is 5.54. The lowest BCUT2D eigenvalue weighted by molar-refractivity contribution is -0.341. The van der Waals surface area contributed by atoms with Crippen molar-refractivity contribution in [2.24, 2.45) is 5.92 Å². The van der Waals surface area contributed by atoms with Gasteiger partial charge in [0, 0.05) is 13.0 Å². The highest BCUT2D eigenvalue weighted by Crippen LogP contribution is 2.32. The summed E-state index contributed by atoms with van der Waals surface area (Å²) in [6.07, 6.45) is -0.488. The molecule has 0 aliphatic carbocycles. The van der Waals surface area contributed by atoms with Gasteiger partial charge in [-0.3, -0.25) is 0 Å². The molecule has 0 amide bonds. The number of carbonyl (C=O) groups is 2. The van der Waals surface area contributed by atoms with Crippen molar-refractivity contribution in [3.8, 4) is 5.75 Å². The lowest BCUT2D eigenvalue weighted by Crippen LogP contribution is -2.57. The summed E-state index contributed by atoms with van der Waals surface area (Å²) < 4.78 is 42.5. The van der Waals surface area contributed by atoms with Crippen LogP contribution in [0, 0.1) is 5.92 Å². The predicted octanol–water partition coefficient (Wildman–Crippen LogP) is 2.01. The minimum absolute atomic E-state index is 0.0342. The molecule has 0 aliphatic rings. The van der Waals surface area contributed by atoms with Gasteiger partial charge in [0.25, 0.3) is 0 Å². The fraction of sp³-hybridized carbons (Fsp3) is 0.529. The molecule has 1 aromatic carbocycles. The van der Waals surface area contributed by atoms with E-state index in [1.165, 1.54) is 31.4 Å². The van der Waals surface area contributed by atoms with Crippen molar-refractivity contribution in [3.05, 3.63) is 29.8 Å². The van der Waals surface area contributed by atoms with Crippen molar-refractivity contribution in [3.63, 3.8) is 0 Å². The molecule has 8 heteroatoms. The normalized spacial score (nSPS) is 13.4. The van der Waals surface area contributed by atoms with Crippen LogP contribution in [0.1, 0.15) is 38.1 Å². The van der Waals surface area contributed by atoms with E-state index < -0.39 is 29.8 Å². The highest BCUT2D eigenvalue weighted by atomic mass is 19.3. The number of carboxylic acid groups (broad SMARTS) is 1. The summed E-state index contributed by atoms with van der Waals surface area (Å²) in [5.74, 6) is -7.55. The maximum absolute atomic E-state index is 13.5. The van der Waals surface area contributed by atoms with Gasteiger partial charge < -0.3 is 24.1 Å². The van der Waals surface area contributed by atoms with Gasteiger partial charge in [-0.1, -0.05) is 13.8 Å². The molecule has 0 saturated heterocycles. The van der Waals surface area contributed by atoms with Crippen LogP contribution in [0.3, 0.4) is 0 Å². The van der Waals surface area contributed by atoms with E-state index in [1.807, 2.05) is 13.8 Å². The van der Waals surface area contributed by atoms with Gasteiger partial charge in [0.15, 0.2) is 5.60 Å². The average Bonchev–Trinajstić information content (AvgIpc) is 2.51. The first kappa shape index (κ1) is 20.8. The number of hydrogen-bond acceptors (Lipinski definition) is 6. The zero-order valence-corrected chi connectivity index (χ0v) is 14.7. The molecule has 0 saturated carbocycles. The number of halogens is 2. The molecular formula is C17H21F2O6-. The third-order valence-electron chi connectivity index (χ3n) is 3.48. The van der Waals surface area contributed by atoms with Gasteiger partial charge in [0.05, 0.1) is 5.56 Å². The SMILES string of the molecule is COC(Oc1ccc(C(=O)OC(C)(C)C(F)(F)C(=O)[O-])cc1)C(C)C. The van der Waals surface area contributed by atoms with E-state index >= 15 is 0 Å². The van der Waals surface area contributed by atoms with Crippen molar-refractivity contribution in [2.45, 2.75) is 45.5 Å². The maximum atomic E-state index is 13.5. The van der Waals surface area contributed by atoms with E-state index in [0.717, 1.165) is 13.8 Å². The Bertz CT molecular complexity index is 610. The van der Waals surface area contributed by atoms with Crippen LogP contribution in [0.5, 0.6) is 5.75 Å². The van der Waals surface area contributed by atoms with Gasteiger partial charge >= 0.3 is 11.9 Å². The average molecular weight is 359 g/mol. The zero-order valence-electron chi connectivity index (χ0n) is 14.7. The third-order valence-corrected chi connectivity index (χ3v) is 3.48. The summed E-state index contributed by atoms with van der Waals surface area (Å²) in [5, 5.41) is 10.5. The van der Waals surface area contributed by atoms with E-state index in [-0.39, 0.29) is 11.5 Å². The van der Waals surface area contributed by atoms with E-state index in [0.29, 0.717) is 5.75 Å². The monoisotopic (exact) mass is 359 g/mol. The predicted molar refractivity (Wildman–Crippen MR) is 82.2 cm³/mol. The van der Waals surface area contributed by atoms with Gasteiger partial charge in [-0.2, -0.15) is 8.78 Å². The van der Waals surface area contributed by atoms with Gasteiger partial charge in [-0.15, -0.1) is 0 Å². The number of carbonyl (C=O) groups excluding carboxylic acids is 2. The Morgan fingerprint density at radius 3 is 2.04 bits per heavy atom. The lowest BCUT2D eigenvalue weighted by atomic mass is 10.0. The molecule has 0 bridgehead atoms. The van der Waals surface area contributed by atoms with Crippen LogP contribution in [0.15, 0.2) is 24.3 Å². The smallest absolute Gasteiger partial charge is 0.338 e. The summed E-state index contributed by atoms with van der Waals surface area (Å²) in [5.41, 5.74) is -2.61. The Balaban J connectivity index is 2.86. The molecule has 0 aromatic heterocycles. The molecule has 0 heterocycles. The first-order valence-electron chi connectivity index (χ1n) is 7.54. The number of rotatable bonds is 8. The van der Waals surface area contributed by atoms with E-state index in [9.17, 15) is 23.5 Å². The molecule has 0 aliphatic heterocycles. The molecule has 0 fully saturated rings. The molecule has 0 radical (unpaired) electrons. The molecule has 1 atom stereocenters. The van der Waals surface area contributed by atoms with Crippen molar-refractivity contribution >= 4 is 11.9 Å². The van der Waals surface area contributed by atoms with Crippen LogP contribution in [-0.4, -0.2) is 36.9 Å². The number of aliphatic carboxylic acids is 1. The van der Waals surface area contributed by atoms with Crippen LogP contribution in [0.2, 0.25) is 0 Å². The Kier molecular flexibility index (Phi) is 6.48. The second kappa shape index (κ2) is 7.77. The second-order valence-corrected chi connectivity index (χ2v) is 6.25. The van der Waals surface area contributed by atoms with Crippen molar-refractivity contribution in [1.29, 1.82) is 0 Å². The van der Waals surface area contributed by atoms with Crippen LogP contribution >= 0.6 is 0 Å². The topological polar surface area (TPSA) is 84.9 Å². The molecule has 1 rings (SSSR count). The maximum Gasteiger partial charge on any atom is 0.338 e. The Morgan fingerprint density at radius 1 is 1.12 bits per heavy atom. The van der Waals surface area contributed by atoms with Crippen LogP contribution < -0.4 is 9.84 Å². The molecule has 6 nitrogen and oxygen atoms in total. The lowest BCUT2D eigenvalue weighted by Gasteiger charge is -2.33. The standard InChI is InChI=1S/C17H22F2O6/c1-10(2)14(23-5)24-12-8-6-11(7-9-12)13(20)25-16(3,4)17(18,19)15(21)22/h6-10,14H,1-5H3,(H,21,22)/p-1. The number of ether oxygens (including phenoxy) is 3. The Labute approximate surface area is 144 Å². The molecule has 1 unspecified atom stereocenters. The number of alkyl halides is 2. The van der Waals surface area contributed by atoms with Gasteiger partial charge in [-0.25, -0.2) is 4.79 Å². The first-order valence-corrected chi connectivity index (χ1v) is 7.54. The van der Waals surface area contributed by atoms with E-state index in [2.05, 4.69) is 4.74 Å². The fourth-order valence-electron chi connectivity index (χ4n) is 1.86. The van der Waals surface area contributed by atoms with Crippen molar-refractivity contribution < 1.29 is 37.7 Å². The quantitative estimate of drug-likeness (QED) is 0.521.